The van der Waals surface area contributed by atoms with Crippen LogP contribution in [0, 0.1) is 13.8 Å². The first-order valence-corrected chi connectivity index (χ1v) is 10.9. The van der Waals surface area contributed by atoms with Gasteiger partial charge < -0.3 is 14.3 Å². The average Bonchev–Trinajstić information content (AvgIpc) is 2.98. The molecule has 1 spiro atoms. The molecule has 3 heterocycles. The number of nitrogens with one attached hydrogen (secondary N) is 1. The highest BCUT2D eigenvalue weighted by molar-refractivity contribution is 5.95. The number of aryl methyl sites for hydroxylation is 2. The van der Waals surface area contributed by atoms with E-state index in [4.69, 9.17) is 4.42 Å². The summed E-state index contributed by atoms with van der Waals surface area (Å²) in [6, 6.07) is 1.87. The highest BCUT2D eigenvalue weighted by atomic mass is 16.4. The maximum atomic E-state index is 13.4. The third-order valence-electron chi connectivity index (χ3n) is 7.24. The lowest BCUT2D eigenvalue weighted by Gasteiger charge is -2.40. The van der Waals surface area contributed by atoms with Crippen molar-refractivity contribution < 1.29 is 9.21 Å². The number of hydrogen-bond donors (Lipinski definition) is 1. The third-order valence-corrected chi connectivity index (χ3v) is 7.24. The first-order chi connectivity index (χ1) is 14.4. The predicted octanol–water partition coefficient (Wildman–Crippen LogP) is 2.73. The van der Waals surface area contributed by atoms with Crippen LogP contribution in [0.2, 0.25) is 0 Å². The number of nitrogens with zero attached hydrogens (tertiary/aromatic N) is 2. The SMILES string of the molecule is Cc1nc2c(c(=O)[nH]1)CCC21CCCN(C(=O)c2c(C)cc(C3CCC3)oc2=O)C1. The van der Waals surface area contributed by atoms with Crippen LogP contribution in [0.25, 0.3) is 0 Å². The number of aromatic amines is 1. The van der Waals surface area contributed by atoms with Gasteiger partial charge in [0.05, 0.1) is 5.69 Å². The Kier molecular flexibility index (Phi) is 4.45. The van der Waals surface area contributed by atoms with Crippen LogP contribution in [-0.4, -0.2) is 33.9 Å². The van der Waals surface area contributed by atoms with Crippen LogP contribution in [0.3, 0.4) is 0 Å². The molecule has 0 bridgehead atoms. The van der Waals surface area contributed by atoms with Crippen LogP contribution in [0.5, 0.6) is 0 Å². The van der Waals surface area contributed by atoms with E-state index in [1.54, 1.807) is 11.8 Å². The minimum absolute atomic E-state index is 0.0686. The summed E-state index contributed by atoms with van der Waals surface area (Å²) in [5, 5.41) is 0. The fourth-order valence-corrected chi connectivity index (χ4v) is 5.41. The molecular formula is C23H27N3O4. The Morgan fingerprint density at radius 3 is 2.73 bits per heavy atom. The number of H-pyrrole nitrogens is 1. The lowest BCUT2D eigenvalue weighted by molar-refractivity contribution is 0.0627. The van der Waals surface area contributed by atoms with Gasteiger partial charge in [0.25, 0.3) is 11.5 Å². The summed E-state index contributed by atoms with van der Waals surface area (Å²) in [5.41, 5.74) is 1.52. The van der Waals surface area contributed by atoms with Crippen LogP contribution >= 0.6 is 0 Å². The predicted molar refractivity (Wildman–Crippen MR) is 111 cm³/mol. The summed E-state index contributed by atoms with van der Waals surface area (Å²) in [6.07, 6.45) is 6.43. The van der Waals surface area contributed by atoms with Crippen molar-refractivity contribution in [2.24, 2.45) is 0 Å². The Morgan fingerprint density at radius 2 is 2.03 bits per heavy atom. The van der Waals surface area contributed by atoms with Crippen LogP contribution in [0.15, 0.2) is 20.1 Å². The molecule has 7 nitrogen and oxygen atoms in total. The molecule has 2 fully saturated rings. The number of amides is 1. The van der Waals surface area contributed by atoms with E-state index >= 15 is 0 Å². The standard InChI is InChI=1S/C23H27N3O4/c1-13-11-17(15-5-3-6-15)30-22(29)18(13)21(28)26-10-4-8-23(12-26)9-7-16-19(23)24-14(2)25-20(16)27/h11,15H,3-10,12H2,1-2H3,(H,24,25,27). The molecule has 1 aliphatic heterocycles. The van der Waals surface area contributed by atoms with Gasteiger partial charge >= 0.3 is 5.63 Å². The largest absolute Gasteiger partial charge is 0.427 e. The van der Waals surface area contributed by atoms with E-state index in [1.807, 2.05) is 13.0 Å². The summed E-state index contributed by atoms with van der Waals surface area (Å²) >= 11 is 0. The van der Waals surface area contributed by atoms with Crippen molar-refractivity contribution >= 4 is 5.91 Å². The average molecular weight is 409 g/mol. The second-order valence-electron chi connectivity index (χ2n) is 9.21. The lowest BCUT2D eigenvalue weighted by atomic mass is 9.77. The van der Waals surface area contributed by atoms with Gasteiger partial charge in [0, 0.05) is 30.0 Å². The van der Waals surface area contributed by atoms with Crippen molar-refractivity contribution in [3.63, 3.8) is 0 Å². The molecule has 1 saturated heterocycles. The number of aromatic nitrogens is 2. The molecule has 2 aromatic rings. The van der Waals surface area contributed by atoms with Crippen LogP contribution in [0.1, 0.15) is 83.2 Å². The number of rotatable bonds is 2. The van der Waals surface area contributed by atoms with Crippen molar-refractivity contribution in [1.29, 1.82) is 0 Å². The summed E-state index contributed by atoms with van der Waals surface area (Å²) in [5.74, 6) is 1.35. The second-order valence-corrected chi connectivity index (χ2v) is 9.21. The summed E-state index contributed by atoms with van der Waals surface area (Å²) in [7, 11) is 0. The van der Waals surface area contributed by atoms with Crippen LogP contribution in [-0.2, 0) is 11.8 Å². The Labute approximate surface area is 174 Å². The van der Waals surface area contributed by atoms with Gasteiger partial charge in [-0.15, -0.1) is 0 Å². The number of carbonyl (C=O) groups excluding carboxylic acids is 1. The lowest BCUT2D eigenvalue weighted by Crippen LogP contribution is -2.49. The first-order valence-electron chi connectivity index (χ1n) is 10.9. The zero-order chi connectivity index (χ0) is 21.0. The Balaban J connectivity index is 1.46. The molecule has 1 amide bonds. The number of piperidine rings is 1. The van der Waals surface area contributed by atoms with Crippen molar-refractivity contribution in [3.05, 3.63) is 60.8 Å². The number of fused-ring (bicyclic) bond motifs is 2. The Morgan fingerprint density at radius 1 is 1.23 bits per heavy atom. The van der Waals surface area contributed by atoms with Gasteiger partial charge in [-0.3, -0.25) is 9.59 Å². The second kappa shape index (κ2) is 6.93. The maximum Gasteiger partial charge on any atom is 0.349 e. The van der Waals surface area contributed by atoms with Crippen molar-refractivity contribution in [2.45, 2.75) is 70.1 Å². The fourth-order valence-electron chi connectivity index (χ4n) is 5.41. The molecule has 1 saturated carbocycles. The number of likely N-dealkylation sites (tertiary alicyclic amines) is 1. The molecule has 0 radical (unpaired) electrons. The monoisotopic (exact) mass is 409 g/mol. The van der Waals surface area contributed by atoms with E-state index in [0.29, 0.717) is 42.6 Å². The van der Waals surface area contributed by atoms with Gasteiger partial charge in [0.2, 0.25) is 0 Å². The third kappa shape index (κ3) is 2.94. The molecule has 0 aromatic carbocycles. The van der Waals surface area contributed by atoms with E-state index in [9.17, 15) is 14.4 Å². The quantitative estimate of drug-likeness (QED) is 0.823. The first kappa shape index (κ1) is 19.3. The minimum Gasteiger partial charge on any atom is -0.427 e. The van der Waals surface area contributed by atoms with E-state index < -0.39 is 5.63 Å². The van der Waals surface area contributed by atoms with Crippen molar-refractivity contribution in [1.82, 2.24) is 14.9 Å². The molecule has 2 aromatic heterocycles. The molecular weight excluding hydrogens is 382 g/mol. The molecule has 1 unspecified atom stereocenters. The highest BCUT2D eigenvalue weighted by Gasteiger charge is 2.46. The van der Waals surface area contributed by atoms with Gasteiger partial charge in [-0.1, -0.05) is 6.42 Å². The van der Waals surface area contributed by atoms with Gasteiger partial charge in [-0.2, -0.15) is 0 Å². The van der Waals surface area contributed by atoms with Crippen molar-refractivity contribution in [3.8, 4) is 0 Å². The number of carbonyl (C=O) groups is 1. The van der Waals surface area contributed by atoms with Gasteiger partial charge in [-0.05, 0) is 64.0 Å². The smallest absolute Gasteiger partial charge is 0.349 e. The zero-order valence-corrected chi connectivity index (χ0v) is 17.5. The van der Waals surface area contributed by atoms with Crippen molar-refractivity contribution in [2.75, 3.05) is 13.1 Å². The molecule has 158 valence electrons. The fraction of sp³-hybridized carbons (Fsp3) is 0.565. The molecule has 1 atom stereocenters. The molecule has 7 heteroatoms. The maximum absolute atomic E-state index is 13.4. The number of hydrogen-bond acceptors (Lipinski definition) is 5. The van der Waals surface area contributed by atoms with Gasteiger partial charge in [-0.25, -0.2) is 9.78 Å². The summed E-state index contributed by atoms with van der Waals surface area (Å²) in [6.45, 7) is 4.69. The molecule has 3 aliphatic rings. The van der Waals surface area contributed by atoms with E-state index in [0.717, 1.165) is 49.8 Å². The zero-order valence-electron chi connectivity index (χ0n) is 17.5. The molecule has 1 N–H and O–H groups in total. The van der Waals surface area contributed by atoms with Gasteiger partial charge in [0.15, 0.2) is 0 Å². The van der Waals surface area contributed by atoms with E-state index in [-0.39, 0.29) is 22.4 Å². The van der Waals surface area contributed by atoms with Gasteiger partial charge in [0.1, 0.15) is 17.1 Å². The van der Waals surface area contributed by atoms with E-state index in [1.165, 1.54) is 0 Å². The Bertz CT molecular complexity index is 1140. The molecule has 2 aliphatic carbocycles. The van der Waals surface area contributed by atoms with Crippen LogP contribution in [0.4, 0.5) is 0 Å². The summed E-state index contributed by atoms with van der Waals surface area (Å²) < 4.78 is 5.55. The normalized spacial score (nSPS) is 23.5. The minimum atomic E-state index is -0.529. The highest BCUT2D eigenvalue weighted by Crippen LogP contribution is 2.43. The molecule has 30 heavy (non-hydrogen) atoms. The molecule has 5 rings (SSSR count). The van der Waals surface area contributed by atoms with E-state index in [2.05, 4.69) is 9.97 Å². The van der Waals surface area contributed by atoms with Crippen LogP contribution < -0.4 is 11.2 Å². The topological polar surface area (TPSA) is 96.3 Å². The Hall–Kier alpha value is -2.70. The summed E-state index contributed by atoms with van der Waals surface area (Å²) in [4.78, 5) is 47.7.